The predicted octanol–water partition coefficient (Wildman–Crippen LogP) is 0.983. The summed E-state index contributed by atoms with van der Waals surface area (Å²) in [5.41, 5.74) is 6.48. The highest BCUT2D eigenvalue weighted by atomic mass is 35.5. The van der Waals surface area contributed by atoms with Gasteiger partial charge in [-0.2, -0.15) is 4.98 Å². The maximum Gasteiger partial charge on any atom is 0.378 e. The number of rotatable bonds is 2. The van der Waals surface area contributed by atoms with Crippen molar-refractivity contribution in [1.29, 1.82) is 0 Å². The Hall–Kier alpha value is -2.61. The van der Waals surface area contributed by atoms with Gasteiger partial charge >= 0.3 is 5.97 Å². The first kappa shape index (κ1) is 13.4. The lowest BCUT2D eigenvalue weighted by atomic mass is 10.2. The van der Waals surface area contributed by atoms with Gasteiger partial charge in [-0.15, -0.1) is 5.10 Å². The van der Waals surface area contributed by atoms with Crippen LogP contribution in [0.5, 0.6) is 0 Å². The Balaban J connectivity index is 2.38. The van der Waals surface area contributed by atoms with Crippen LogP contribution in [0.3, 0.4) is 0 Å². The molecule has 2 aromatic heterocycles. The maximum atomic E-state index is 12.0. The van der Waals surface area contributed by atoms with Crippen LogP contribution in [0.1, 0.15) is 17.5 Å². The summed E-state index contributed by atoms with van der Waals surface area (Å²) >= 11 is 5.90. The zero-order chi connectivity index (χ0) is 15.1. The highest BCUT2D eigenvalue weighted by Crippen LogP contribution is 2.23. The summed E-state index contributed by atoms with van der Waals surface area (Å²) in [5, 5.41) is 4.37. The second kappa shape index (κ2) is 4.74. The van der Waals surface area contributed by atoms with Gasteiger partial charge in [0.05, 0.1) is 17.8 Å². The lowest BCUT2D eigenvalue weighted by Crippen LogP contribution is -2.12. The molecule has 0 saturated heterocycles. The number of hydrogen-bond donors (Lipinski definition) is 2. The zero-order valence-electron chi connectivity index (χ0n) is 10.9. The number of aromatic nitrogens is 4. The maximum absolute atomic E-state index is 12.0. The number of halogens is 1. The van der Waals surface area contributed by atoms with E-state index in [-0.39, 0.29) is 18.1 Å². The molecule has 0 aliphatic rings. The van der Waals surface area contributed by atoms with E-state index in [9.17, 15) is 9.59 Å². The van der Waals surface area contributed by atoms with E-state index >= 15 is 0 Å². The molecule has 0 saturated carbocycles. The largest absolute Gasteiger partial charge is 0.460 e. The van der Waals surface area contributed by atoms with Gasteiger partial charge in [0, 0.05) is 5.02 Å². The first-order valence-corrected chi connectivity index (χ1v) is 6.44. The van der Waals surface area contributed by atoms with E-state index < -0.39 is 11.5 Å². The summed E-state index contributed by atoms with van der Waals surface area (Å²) in [6.07, 6.45) is 0. The summed E-state index contributed by atoms with van der Waals surface area (Å²) in [5.74, 6) is -0.912. The third-order valence-corrected chi connectivity index (χ3v) is 3.05. The van der Waals surface area contributed by atoms with Crippen molar-refractivity contribution in [2.45, 2.75) is 6.92 Å². The number of esters is 1. The number of nitrogens with one attached hydrogen (secondary N) is 1. The van der Waals surface area contributed by atoms with Gasteiger partial charge in [-0.05, 0) is 19.1 Å². The van der Waals surface area contributed by atoms with Gasteiger partial charge in [-0.1, -0.05) is 11.6 Å². The van der Waals surface area contributed by atoms with Crippen molar-refractivity contribution in [3.8, 4) is 0 Å². The molecule has 3 rings (SSSR count). The molecule has 0 fully saturated rings. The van der Waals surface area contributed by atoms with Crippen molar-refractivity contribution in [1.82, 2.24) is 19.6 Å². The van der Waals surface area contributed by atoms with E-state index in [0.29, 0.717) is 21.7 Å². The Kier molecular flexibility index (Phi) is 3.02. The molecule has 0 aliphatic carbocycles. The highest BCUT2D eigenvalue weighted by Gasteiger charge is 2.18. The third kappa shape index (κ3) is 2.09. The van der Waals surface area contributed by atoms with Gasteiger partial charge in [0.15, 0.2) is 0 Å². The molecular formula is C12H10ClN5O3. The molecule has 1 aromatic carbocycles. The van der Waals surface area contributed by atoms with Crippen LogP contribution in [-0.2, 0) is 4.74 Å². The Labute approximate surface area is 122 Å². The molecule has 21 heavy (non-hydrogen) atoms. The molecule has 0 spiro atoms. The van der Waals surface area contributed by atoms with Crippen LogP contribution in [0.2, 0.25) is 5.02 Å². The number of H-pyrrole nitrogens is 1. The van der Waals surface area contributed by atoms with E-state index in [1.54, 1.807) is 13.0 Å². The monoisotopic (exact) mass is 307 g/mol. The van der Waals surface area contributed by atoms with Crippen molar-refractivity contribution in [3.05, 3.63) is 33.3 Å². The van der Waals surface area contributed by atoms with Crippen LogP contribution in [0.25, 0.3) is 16.7 Å². The molecule has 2 heterocycles. The number of hydrogen-bond acceptors (Lipinski definition) is 6. The lowest BCUT2D eigenvalue weighted by Gasteiger charge is -2.04. The molecule has 0 aliphatic heterocycles. The summed E-state index contributed by atoms with van der Waals surface area (Å²) < 4.78 is 6.03. The fourth-order valence-corrected chi connectivity index (χ4v) is 2.25. The number of benzene rings is 1. The third-order valence-electron chi connectivity index (χ3n) is 2.83. The number of carbonyl (C=O) groups excluding carboxylic acids is 1. The normalized spacial score (nSPS) is 11.1. The zero-order valence-corrected chi connectivity index (χ0v) is 11.6. The number of aromatic amines is 1. The average molecular weight is 308 g/mol. The van der Waals surface area contributed by atoms with Crippen molar-refractivity contribution >= 4 is 39.9 Å². The van der Waals surface area contributed by atoms with Crippen LogP contribution in [0, 0.1) is 0 Å². The SMILES string of the molecule is CCOC(=O)c1nc2c(=O)[nH]c3cc(Cl)cc(N)c3n2n1. The number of ether oxygens (including phenoxy) is 1. The van der Waals surface area contributed by atoms with Crippen molar-refractivity contribution in [3.63, 3.8) is 0 Å². The van der Waals surface area contributed by atoms with E-state index in [2.05, 4.69) is 15.1 Å². The van der Waals surface area contributed by atoms with E-state index in [0.717, 1.165) is 0 Å². The predicted molar refractivity (Wildman–Crippen MR) is 76.5 cm³/mol. The minimum atomic E-state index is -0.707. The topological polar surface area (TPSA) is 115 Å². The standard InChI is InChI=1S/C12H10ClN5O3/c1-2-21-12(20)9-16-10-11(19)15-7-4-5(13)3-6(14)8(7)18(10)17-9/h3-4H,2,14H2,1H3,(H,15,19). The van der Waals surface area contributed by atoms with Gasteiger partial charge in [0.1, 0.15) is 5.52 Å². The Morgan fingerprint density at radius 3 is 3.00 bits per heavy atom. The number of nitrogens with two attached hydrogens (primary N) is 1. The molecule has 0 amide bonds. The fraction of sp³-hybridized carbons (Fsp3) is 0.167. The summed E-state index contributed by atoms with van der Waals surface area (Å²) in [6, 6.07) is 3.06. The quantitative estimate of drug-likeness (QED) is 0.538. The summed E-state index contributed by atoms with van der Waals surface area (Å²) in [7, 11) is 0. The van der Waals surface area contributed by atoms with Crippen molar-refractivity contribution in [2.24, 2.45) is 0 Å². The van der Waals surface area contributed by atoms with Crippen LogP contribution >= 0.6 is 11.6 Å². The number of carbonyl (C=O) groups is 1. The van der Waals surface area contributed by atoms with E-state index in [1.807, 2.05) is 0 Å². The molecule has 0 atom stereocenters. The molecular weight excluding hydrogens is 298 g/mol. The molecule has 3 aromatic rings. The minimum Gasteiger partial charge on any atom is -0.460 e. The van der Waals surface area contributed by atoms with Crippen LogP contribution in [-0.4, -0.2) is 32.2 Å². The molecule has 3 N–H and O–H groups in total. The van der Waals surface area contributed by atoms with Gasteiger partial charge in [0.25, 0.3) is 11.4 Å². The number of fused-ring (bicyclic) bond motifs is 3. The first-order valence-electron chi connectivity index (χ1n) is 6.06. The van der Waals surface area contributed by atoms with Gasteiger partial charge in [-0.3, -0.25) is 4.79 Å². The number of nitrogens with zero attached hydrogens (tertiary/aromatic N) is 3. The van der Waals surface area contributed by atoms with Gasteiger partial charge in [0.2, 0.25) is 5.65 Å². The highest BCUT2D eigenvalue weighted by molar-refractivity contribution is 6.31. The smallest absolute Gasteiger partial charge is 0.378 e. The van der Waals surface area contributed by atoms with Gasteiger partial charge < -0.3 is 15.5 Å². The molecule has 108 valence electrons. The number of nitrogen functional groups attached to an aromatic ring is 1. The summed E-state index contributed by atoms with van der Waals surface area (Å²) in [4.78, 5) is 30.2. The van der Waals surface area contributed by atoms with E-state index in [1.165, 1.54) is 10.6 Å². The van der Waals surface area contributed by atoms with Crippen molar-refractivity contribution in [2.75, 3.05) is 12.3 Å². The summed E-state index contributed by atoms with van der Waals surface area (Å²) in [6.45, 7) is 1.85. The van der Waals surface area contributed by atoms with E-state index in [4.69, 9.17) is 22.1 Å². The van der Waals surface area contributed by atoms with Crippen molar-refractivity contribution < 1.29 is 9.53 Å². The number of anilines is 1. The minimum absolute atomic E-state index is 0.0421. The second-order valence-corrected chi connectivity index (χ2v) is 4.67. The molecule has 0 bridgehead atoms. The van der Waals surface area contributed by atoms with Crippen LogP contribution < -0.4 is 11.3 Å². The van der Waals surface area contributed by atoms with Crippen LogP contribution in [0.4, 0.5) is 5.69 Å². The molecule has 9 heteroatoms. The average Bonchev–Trinajstić information content (AvgIpc) is 2.83. The fourth-order valence-electron chi connectivity index (χ4n) is 2.03. The van der Waals surface area contributed by atoms with Crippen LogP contribution in [0.15, 0.2) is 16.9 Å². The lowest BCUT2D eigenvalue weighted by molar-refractivity contribution is 0.0512. The Bertz CT molecular complexity index is 930. The molecule has 0 unspecified atom stereocenters. The first-order chi connectivity index (χ1) is 10.0. The Morgan fingerprint density at radius 2 is 2.29 bits per heavy atom. The van der Waals surface area contributed by atoms with Gasteiger partial charge in [-0.25, -0.2) is 9.31 Å². The second-order valence-electron chi connectivity index (χ2n) is 4.24. The Morgan fingerprint density at radius 1 is 1.52 bits per heavy atom. The molecule has 8 nitrogen and oxygen atoms in total. The molecule has 0 radical (unpaired) electrons.